The third-order valence-electron chi connectivity index (χ3n) is 0. The van der Waals surface area contributed by atoms with Gasteiger partial charge in [0.15, 0.2) is 0 Å². The number of hydrogen-bond donors (Lipinski definition) is 0. The summed E-state index contributed by atoms with van der Waals surface area (Å²) in [6.45, 7) is 0. The van der Waals surface area contributed by atoms with Gasteiger partial charge in [-0.2, -0.15) is 9.90 Å². The molecule has 0 nitrogen and oxygen atoms in total. The summed E-state index contributed by atoms with van der Waals surface area (Å²) in [5.41, 5.74) is 0. The van der Waals surface area contributed by atoms with Crippen LogP contribution in [-0.2, 0) is 17.4 Å². The first-order valence-corrected chi connectivity index (χ1v) is 0. The first-order chi connectivity index (χ1) is 0. The van der Waals surface area contributed by atoms with Gasteiger partial charge in [-0.15, -0.1) is 0 Å². The van der Waals surface area contributed by atoms with Crippen molar-refractivity contribution in [3.05, 3.63) is 0 Å². The van der Waals surface area contributed by atoms with Crippen molar-refractivity contribution in [2.45, 2.75) is 0 Å². The van der Waals surface area contributed by atoms with Crippen LogP contribution >= 0.6 is 9.90 Å². The van der Waals surface area contributed by atoms with E-state index in [4.69, 9.17) is 0 Å². The molecule has 0 N–H and O–H groups in total. The molecule has 3 radical (unpaired) electrons. The van der Waals surface area contributed by atoms with Gasteiger partial charge in [-0.25, -0.2) is 0 Å². The van der Waals surface area contributed by atoms with Crippen molar-refractivity contribution < 1.29 is 17.4 Å². The van der Waals surface area contributed by atoms with Crippen molar-refractivity contribution in [1.29, 1.82) is 0 Å². The van der Waals surface area contributed by atoms with Crippen LogP contribution in [0.25, 0.3) is 0 Å². The van der Waals surface area contributed by atoms with Gasteiger partial charge in [0.1, 0.15) is 0 Å². The van der Waals surface area contributed by atoms with Gasteiger partial charge >= 0.3 is 0 Å². The second kappa shape index (κ2) is 19.5. The van der Waals surface area contributed by atoms with Crippen molar-refractivity contribution in [1.82, 2.24) is 0 Å². The molecule has 0 aromatic heterocycles. The van der Waals surface area contributed by atoms with E-state index >= 15 is 0 Å². The van der Waals surface area contributed by atoms with Crippen LogP contribution in [0.4, 0.5) is 0 Å². The maximum Gasteiger partial charge on any atom is 0 e. The molecule has 0 aromatic carbocycles. The predicted octanol–water partition coefficient (Wildman–Crippen LogP) is -0.706. The largest absolute Gasteiger partial charge is 0.153 e. The van der Waals surface area contributed by atoms with Gasteiger partial charge in [-0.05, 0) is 0 Å². The minimum absolute atomic E-state index is 0. The van der Waals surface area contributed by atoms with E-state index in [9.17, 15) is 0 Å². The third kappa shape index (κ3) is 8.95. The minimum Gasteiger partial charge on any atom is -0.153 e. The van der Waals surface area contributed by atoms with E-state index in [1.54, 1.807) is 0 Å². The smallest absolute Gasteiger partial charge is 0 e. The van der Waals surface area contributed by atoms with Gasteiger partial charge in [0, 0.05) is 53.3 Å². The van der Waals surface area contributed by atoms with Crippen molar-refractivity contribution in [3.8, 4) is 0 Å². The van der Waals surface area contributed by atoms with Gasteiger partial charge in [0.2, 0.25) is 0 Å². The summed E-state index contributed by atoms with van der Waals surface area (Å²) in [6, 6.07) is 0. The molecule has 0 amide bonds. The van der Waals surface area contributed by atoms with Crippen LogP contribution in [0.5, 0.6) is 0 Å². The van der Waals surface area contributed by atoms with Gasteiger partial charge in [0.25, 0.3) is 0 Å². The van der Waals surface area contributed by atoms with Crippen LogP contribution in [0.1, 0.15) is 0 Å². The molecular formula is H3CrLiPSe. The third-order valence-corrected chi connectivity index (χ3v) is 0. The Bertz CT molecular complexity index is 8.00. The molecule has 1 unspecified atom stereocenters. The van der Waals surface area contributed by atoms with E-state index in [0.717, 1.165) is 0 Å². The summed E-state index contributed by atoms with van der Waals surface area (Å²) in [6.07, 6.45) is 0. The standard InChI is InChI=1S/Cr.Li.H3P.Se/h;;1H3;. The van der Waals surface area contributed by atoms with E-state index in [2.05, 4.69) is 0 Å². The van der Waals surface area contributed by atoms with E-state index in [0.29, 0.717) is 0 Å². The van der Waals surface area contributed by atoms with Crippen molar-refractivity contribution in [2.24, 2.45) is 0 Å². The van der Waals surface area contributed by atoms with Crippen molar-refractivity contribution >= 4 is 45.8 Å². The van der Waals surface area contributed by atoms with Crippen LogP contribution in [0.15, 0.2) is 0 Å². The van der Waals surface area contributed by atoms with Gasteiger partial charge < -0.3 is 0 Å². The minimum atomic E-state index is 0. The Morgan fingerprint density at radius 1 is 1.00 bits per heavy atom. The van der Waals surface area contributed by atoms with E-state index < -0.39 is 0 Å². The van der Waals surface area contributed by atoms with Crippen LogP contribution in [0.3, 0.4) is 0 Å². The van der Waals surface area contributed by atoms with Gasteiger partial charge in [0.05, 0.1) is 0 Å². The fraction of sp³-hybridized carbons (Fsp3) is 0. The maximum atomic E-state index is 0. The molecule has 0 aliphatic heterocycles. The molecule has 4 heteroatoms. The molecule has 0 bridgehead atoms. The molecule has 0 rings (SSSR count). The fourth-order valence-corrected chi connectivity index (χ4v) is 0. The Labute approximate surface area is 62.9 Å². The van der Waals surface area contributed by atoms with Crippen LogP contribution in [0.2, 0.25) is 0 Å². The molecule has 0 heterocycles. The Hall–Kier alpha value is 2.08. The van der Waals surface area contributed by atoms with E-state index in [-0.39, 0.29) is 63.2 Å². The average molecular weight is 172 g/mol. The van der Waals surface area contributed by atoms with Crippen molar-refractivity contribution in [2.75, 3.05) is 0 Å². The summed E-state index contributed by atoms with van der Waals surface area (Å²) >= 11 is 0. The number of rotatable bonds is 0. The molecule has 21 valence electrons. The molecular weight excluding hydrogens is 169 g/mol. The van der Waals surface area contributed by atoms with Crippen LogP contribution < -0.4 is 0 Å². The van der Waals surface area contributed by atoms with Crippen LogP contribution in [0, 0.1) is 0 Å². The first kappa shape index (κ1) is 36.3. The Kier molecular flexibility index (Phi) is 177. The normalized spacial score (nSPS) is 0. The second-order valence-corrected chi connectivity index (χ2v) is 0. The summed E-state index contributed by atoms with van der Waals surface area (Å²) < 4.78 is 0. The molecule has 0 aliphatic rings. The second-order valence-electron chi connectivity index (χ2n) is 0. The van der Waals surface area contributed by atoms with Crippen LogP contribution in [-0.4, -0.2) is 35.9 Å². The zero-order chi connectivity index (χ0) is 0. The zero-order valence-electron chi connectivity index (χ0n) is 2.52. The average Bonchev–Trinajstić information content (AvgIpc) is 0. The topological polar surface area (TPSA) is 0 Å². The molecule has 0 aliphatic carbocycles. The number of hydrogen-bond acceptors (Lipinski definition) is 0. The fourth-order valence-electron chi connectivity index (χ4n) is 0. The van der Waals surface area contributed by atoms with Crippen molar-refractivity contribution in [3.63, 3.8) is 0 Å². The quantitative estimate of drug-likeness (QED) is 0.334. The SMILES string of the molecule is P.[Cr].[Li].[Se]. The Balaban J connectivity index is 0. The summed E-state index contributed by atoms with van der Waals surface area (Å²) in [5, 5.41) is 0. The molecule has 0 aromatic rings. The molecule has 4 heavy (non-hydrogen) atoms. The molecule has 0 saturated heterocycles. The Morgan fingerprint density at radius 2 is 1.00 bits per heavy atom. The Morgan fingerprint density at radius 3 is 1.00 bits per heavy atom. The van der Waals surface area contributed by atoms with Gasteiger partial charge in [-0.1, -0.05) is 0 Å². The van der Waals surface area contributed by atoms with E-state index in [1.165, 1.54) is 0 Å². The molecule has 1 atom stereocenters. The monoisotopic (exact) mass is 173 g/mol. The summed E-state index contributed by atoms with van der Waals surface area (Å²) in [5.74, 6) is 0. The first-order valence-electron chi connectivity index (χ1n) is 0. The molecule has 0 spiro atoms. The molecule has 0 fully saturated rings. The maximum absolute atomic E-state index is 0. The zero-order valence-corrected chi connectivity index (χ0v) is 6.93. The van der Waals surface area contributed by atoms with Gasteiger partial charge in [-0.3, -0.25) is 0 Å². The summed E-state index contributed by atoms with van der Waals surface area (Å²) in [7, 11) is 0. The summed E-state index contributed by atoms with van der Waals surface area (Å²) in [4.78, 5) is 0. The van der Waals surface area contributed by atoms with E-state index in [1.807, 2.05) is 0 Å². The molecule has 0 saturated carbocycles. The predicted molar refractivity (Wildman–Crippen MR) is 22.6 cm³/mol.